The number of carbonyl (C=O) groups is 2. The van der Waals surface area contributed by atoms with Crippen molar-refractivity contribution in [1.82, 2.24) is 0 Å². The molecule has 0 aromatic heterocycles. The third kappa shape index (κ3) is 150. The van der Waals surface area contributed by atoms with E-state index < -0.39 is 0 Å². The van der Waals surface area contributed by atoms with Crippen LogP contribution < -0.4 is 5.73 Å². The van der Waals surface area contributed by atoms with E-state index in [0.29, 0.717) is 6.42 Å². The first kappa shape index (κ1) is 43.1. The van der Waals surface area contributed by atoms with Gasteiger partial charge in [0.25, 0.3) is 0 Å². The lowest BCUT2D eigenvalue weighted by Crippen LogP contribution is -1.99. The van der Waals surface area contributed by atoms with Crippen molar-refractivity contribution in [2.75, 3.05) is 13.7 Å². The molecule has 0 radical (unpaired) electrons. The predicted octanol–water partition coefficient (Wildman–Crippen LogP) is 8.50. The Morgan fingerprint density at radius 3 is 1.07 bits per heavy atom. The molecule has 0 unspecified atom stereocenters. The van der Waals surface area contributed by atoms with Gasteiger partial charge in [-0.25, -0.2) is 0 Å². The van der Waals surface area contributed by atoms with Crippen LogP contribution in [0, 0.1) is 0 Å². The smallest absolute Gasteiger partial charge is 0.305 e. The van der Waals surface area contributed by atoms with Gasteiger partial charge in [0.05, 0.1) is 7.11 Å². The Morgan fingerprint density at radius 2 is 0.833 bits per heavy atom. The van der Waals surface area contributed by atoms with Gasteiger partial charge in [0.15, 0.2) is 0 Å². The quantitative estimate of drug-likeness (QED) is 0.291. The second-order valence-corrected chi connectivity index (χ2v) is 7.33. The van der Waals surface area contributed by atoms with Crippen molar-refractivity contribution in [3.05, 3.63) is 0 Å². The van der Waals surface area contributed by atoms with Crippen molar-refractivity contribution in [3.63, 3.8) is 0 Å². The highest BCUT2D eigenvalue weighted by Gasteiger charge is 1.98. The molecule has 4 nitrogen and oxygen atoms in total. The molecule has 188 valence electrons. The van der Waals surface area contributed by atoms with Gasteiger partial charge in [-0.05, 0) is 33.2 Å². The lowest BCUT2D eigenvalue weighted by atomic mass is 10.1. The maximum Gasteiger partial charge on any atom is 0.305 e. The molecular formula is C26H61NO3. The molecule has 0 aromatic carbocycles. The maximum atomic E-state index is 10.7. The minimum Gasteiger partial charge on any atom is -0.469 e. The van der Waals surface area contributed by atoms with Crippen molar-refractivity contribution in [3.8, 4) is 0 Å². The van der Waals surface area contributed by atoms with E-state index in [4.69, 9.17) is 5.73 Å². The van der Waals surface area contributed by atoms with Crippen molar-refractivity contribution >= 4 is 11.8 Å². The molecule has 0 saturated carbocycles. The van der Waals surface area contributed by atoms with Gasteiger partial charge in [0, 0.05) is 6.42 Å². The van der Waals surface area contributed by atoms with Crippen LogP contribution in [0.25, 0.3) is 0 Å². The monoisotopic (exact) mass is 435 g/mol. The molecule has 0 amide bonds. The topological polar surface area (TPSA) is 69.4 Å². The van der Waals surface area contributed by atoms with Crippen LogP contribution in [0.1, 0.15) is 146 Å². The molecular weight excluding hydrogens is 374 g/mol. The number of rotatable bonds is 9. The van der Waals surface area contributed by atoms with Gasteiger partial charge in [0.2, 0.25) is 0 Å². The molecule has 2 N–H and O–H groups in total. The lowest BCUT2D eigenvalue weighted by molar-refractivity contribution is -0.140. The molecule has 0 heterocycles. The van der Waals surface area contributed by atoms with E-state index in [0.717, 1.165) is 25.8 Å². The zero-order valence-electron chi connectivity index (χ0n) is 23.0. The second-order valence-electron chi connectivity index (χ2n) is 7.33. The number of hydrogen-bond donors (Lipinski definition) is 1. The SMILES string of the molecule is CC(C)=O.CCC.CCC.CCC.CCC.COC(=O)CCCCCCCCCN. The summed E-state index contributed by atoms with van der Waals surface area (Å²) in [5, 5.41) is 0. The molecule has 0 bridgehead atoms. The summed E-state index contributed by atoms with van der Waals surface area (Å²) in [6.07, 6.45) is 13.8. The number of carbonyl (C=O) groups excluding carboxylic acids is 2. The van der Waals surface area contributed by atoms with E-state index in [1.54, 1.807) is 0 Å². The van der Waals surface area contributed by atoms with Gasteiger partial charge in [-0.15, -0.1) is 0 Å². The highest BCUT2D eigenvalue weighted by Crippen LogP contribution is 2.08. The summed E-state index contributed by atoms with van der Waals surface area (Å²) in [4.78, 5) is 20.2. The largest absolute Gasteiger partial charge is 0.469 e. The fourth-order valence-corrected chi connectivity index (χ4v) is 1.40. The van der Waals surface area contributed by atoms with Crippen molar-refractivity contribution in [2.24, 2.45) is 5.73 Å². The Labute approximate surface area is 192 Å². The normalized spacial score (nSPS) is 8.00. The van der Waals surface area contributed by atoms with Gasteiger partial charge >= 0.3 is 5.97 Å². The first-order valence-corrected chi connectivity index (χ1v) is 12.4. The van der Waals surface area contributed by atoms with E-state index in [2.05, 4.69) is 60.1 Å². The number of Topliss-reactive ketones (excluding diaryl/α,β-unsaturated/α-hetero) is 1. The summed E-state index contributed by atoms with van der Waals surface area (Å²) in [6.45, 7) is 20.9. The molecule has 4 heteroatoms. The van der Waals surface area contributed by atoms with Gasteiger partial charge in [-0.2, -0.15) is 0 Å². The summed E-state index contributed by atoms with van der Waals surface area (Å²) < 4.78 is 4.56. The summed E-state index contributed by atoms with van der Waals surface area (Å²) in [6, 6.07) is 0. The summed E-state index contributed by atoms with van der Waals surface area (Å²) in [7, 11) is 1.44. The van der Waals surface area contributed by atoms with E-state index in [9.17, 15) is 9.59 Å². The molecule has 0 saturated heterocycles. The first-order valence-electron chi connectivity index (χ1n) is 12.4. The van der Waals surface area contributed by atoms with Crippen LogP contribution in [0.5, 0.6) is 0 Å². The average Bonchev–Trinajstić information content (AvgIpc) is 2.66. The number of hydrogen-bond acceptors (Lipinski definition) is 4. The molecule has 0 aliphatic carbocycles. The molecule has 0 fully saturated rings. The van der Waals surface area contributed by atoms with E-state index >= 15 is 0 Å². The van der Waals surface area contributed by atoms with Crippen LogP contribution in [0.4, 0.5) is 0 Å². The van der Waals surface area contributed by atoms with E-state index in [1.807, 2.05) is 0 Å². The number of ether oxygens (including phenoxy) is 1. The fourth-order valence-electron chi connectivity index (χ4n) is 1.40. The van der Waals surface area contributed by atoms with Crippen molar-refractivity contribution in [2.45, 2.75) is 146 Å². The molecule has 0 atom stereocenters. The van der Waals surface area contributed by atoms with Gasteiger partial charge in [0.1, 0.15) is 5.78 Å². The highest BCUT2D eigenvalue weighted by atomic mass is 16.5. The van der Waals surface area contributed by atoms with Crippen LogP contribution in [0.15, 0.2) is 0 Å². The third-order valence-electron chi connectivity index (χ3n) is 2.31. The maximum absolute atomic E-state index is 10.7. The number of ketones is 1. The Hall–Kier alpha value is -0.900. The zero-order valence-corrected chi connectivity index (χ0v) is 23.0. The summed E-state index contributed by atoms with van der Waals surface area (Å²) in [5.41, 5.74) is 5.39. The molecule has 0 aliphatic rings. The fraction of sp³-hybridized carbons (Fsp3) is 0.923. The molecule has 0 rings (SSSR count). The average molecular weight is 436 g/mol. The zero-order chi connectivity index (χ0) is 25.1. The Balaban J connectivity index is -0.0000000735. The molecule has 0 aromatic rings. The molecule has 0 spiro atoms. The molecule has 0 aliphatic heterocycles. The predicted molar refractivity (Wildman–Crippen MR) is 138 cm³/mol. The van der Waals surface area contributed by atoms with E-state index in [1.165, 1.54) is 72.3 Å². The molecule has 30 heavy (non-hydrogen) atoms. The first-order chi connectivity index (χ1) is 14.2. The van der Waals surface area contributed by atoms with Gasteiger partial charge in [-0.3, -0.25) is 4.79 Å². The number of nitrogens with two attached hydrogens (primary N) is 1. The minimum atomic E-state index is -0.0897. The van der Waals surface area contributed by atoms with Crippen LogP contribution >= 0.6 is 0 Å². The standard InChI is InChI=1S/C11H23NO2.C3H6O.4C3H8/c1-14-11(13)9-7-5-3-2-4-6-8-10-12;1-3(2)4;4*1-3-2/h2-10,12H2,1H3;1-2H3;4*3H2,1-2H3. The van der Waals surface area contributed by atoms with Crippen LogP contribution in [0.2, 0.25) is 0 Å². The lowest BCUT2D eigenvalue weighted by Gasteiger charge is -2.00. The van der Waals surface area contributed by atoms with Gasteiger partial charge in [-0.1, -0.05) is 113 Å². The summed E-state index contributed by atoms with van der Waals surface area (Å²) >= 11 is 0. The number of methoxy groups -OCH3 is 1. The third-order valence-corrected chi connectivity index (χ3v) is 2.31. The van der Waals surface area contributed by atoms with Gasteiger partial charge < -0.3 is 15.3 Å². The van der Waals surface area contributed by atoms with Crippen LogP contribution in [-0.4, -0.2) is 25.4 Å². The number of esters is 1. The highest BCUT2D eigenvalue weighted by molar-refractivity contribution is 5.72. The van der Waals surface area contributed by atoms with Crippen LogP contribution in [-0.2, 0) is 14.3 Å². The summed E-state index contributed by atoms with van der Waals surface area (Å²) in [5.74, 6) is 0.0770. The number of unbranched alkanes of at least 4 members (excludes halogenated alkanes) is 6. The van der Waals surface area contributed by atoms with Crippen LogP contribution in [0.3, 0.4) is 0 Å². The van der Waals surface area contributed by atoms with Crippen molar-refractivity contribution in [1.29, 1.82) is 0 Å². The Bertz CT molecular complexity index is 245. The minimum absolute atomic E-state index is 0.0897. The second kappa shape index (κ2) is 56.6. The Kier molecular flexibility index (Phi) is 81.2. The van der Waals surface area contributed by atoms with Crippen molar-refractivity contribution < 1.29 is 14.3 Å². The van der Waals surface area contributed by atoms with E-state index in [-0.39, 0.29) is 11.8 Å². The Morgan fingerprint density at radius 1 is 0.600 bits per heavy atom.